The lowest BCUT2D eigenvalue weighted by Crippen LogP contribution is -2.19. The van der Waals surface area contributed by atoms with Gasteiger partial charge in [0.1, 0.15) is 0 Å². The number of rotatable bonds is 5. The Balaban J connectivity index is 1.68. The molecule has 3 N–H and O–H groups in total. The second-order valence-electron chi connectivity index (χ2n) is 5.69. The Morgan fingerprint density at radius 2 is 1.50 bits per heavy atom. The van der Waals surface area contributed by atoms with Gasteiger partial charge in [-0.25, -0.2) is 13.2 Å². The van der Waals surface area contributed by atoms with Crippen molar-refractivity contribution in [2.24, 2.45) is 0 Å². The summed E-state index contributed by atoms with van der Waals surface area (Å²) in [7, 11) is -3.32. The predicted molar refractivity (Wildman–Crippen MR) is 106 cm³/mol. The van der Waals surface area contributed by atoms with Gasteiger partial charge in [-0.2, -0.15) is 0 Å². The van der Waals surface area contributed by atoms with Crippen LogP contribution in [0.3, 0.4) is 0 Å². The topological polar surface area (TPSA) is 87.3 Å². The molecule has 0 aromatic heterocycles. The zero-order valence-corrected chi connectivity index (χ0v) is 15.0. The van der Waals surface area contributed by atoms with Gasteiger partial charge in [-0.1, -0.05) is 36.4 Å². The molecule has 134 valence electrons. The van der Waals surface area contributed by atoms with Crippen molar-refractivity contribution in [1.29, 1.82) is 0 Å². The Labute approximate surface area is 152 Å². The monoisotopic (exact) mass is 369 g/mol. The summed E-state index contributed by atoms with van der Waals surface area (Å²) in [6.45, 7) is 1.57. The SMILES string of the molecule is CCS(=O)(=O)Nc1ccc(NC(=O)Nc2cccc3ccccc23)cc1. The van der Waals surface area contributed by atoms with Crippen LogP contribution in [0.25, 0.3) is 10.8 Å². The Morgan fingerprint density at radius 3 is 2.23 bits per heavy atom. The van der Waals surface area contributed by atoms with Crippen molar-refractivity contribution < 1.29 is 13.2 Å². The van der Waals surface area contributed by atoms with Gasteiger partial charge in [0.2, 0.25) is 10.0 Å². The van der Waals surface area contributed by atoms with Gasteiger partial charge >= 0.3 is 6.03 Å². The fourth-order valence-corrected chi connectivity index (χ4v) is 3.13. The molecule has 0 saturated heterocycles. The number of sulfonamides is 1. The Bertz CT molecular complexity index is 1030. The van der Waals surface area contributed by atoms with Crippen molar-refractivity contribution >= 4 is 43.9 Å². The van der Waals surface area contributed by atoms with Crippen LogP contribution < -0.4 is 15.4 Å². The molecule has 0 aliphatic carbocycles. The van der Waals surface area contributed by atoms with E-state index < -0.39 is 10.0 Å². The molecule has 0 aliphatic heterocycles. The largest absolute Gasteiger partial charge is 0.323 e. The smallest absolute Gasteiger partial charge is 0.308 e. The maximum Gasteiger partial charge on any atom is 0.323 e. The van der Waals surface area contributed by atoms with E-state index in [2.05, 4.69) is 15.4 Å². The van der Waals surface area contributed by atoms with E-state index >= 15 is 0 Å². The minimum Gasteiger partial charge on any atom is -0.308 e. The van der Waals surface area contributed by atoms with Gasteiger partial charge in [0, 0.05) is 16.8 Å². The number of carbonyl (C=O) groups is 1. The van der Waals surface area contributed by atoms with E-state index in [1.165, 1.54) is 0 Å². The molecule has 7 heteroatoms. The number of amides is 2. The molecule has 0 unspecified atom stereocenters. The highest BCUT2D eigenvalue weighted by Gasteiger charge is 2.08. The Morgan fingerprint density at radius 1 is 0.846 bits per heavy atom. The van der Waals surface area contributed by atoms with Crippen LogP contribution in [0.4, 0.5) is 21.9 Å². The van der Waals surface area contributed by atoms with Gasteiger partial charge in [0.25, 0.3) is 0 Å². The molecular weight excluding hydrogens is 350 g/mol. The number of nitrogens with one attached hydrogen (secondary N) is 3. The van der Waals surface area contributed by atoms with Gasteiger partial charge in [-0.3, -0.25) is 4.72 Å². The van der Waals surface area contributed by atoms with E-state index in [-0.39, 0.29) is 11.8 Å². The van der Waals surface area contributed by atoms with E-state index in [0.717, 1.165) is 10.8 Å². The summed E-state index contributed by atoms with van der Waals surface area (Å²) in [5.41, 5.74) is 1.72. The lowest BCUT2D eigenvalue weighted by molar-refractivity contribution is 0.262. The molecule has 3 aromatic rings. The quantitative estimate of drug-likeness (QED) is 0.628. The average Bonchev–Trinajstić information content (AvgIpc) is 2.63. The summed E-state index contributed by atoms with van der Waals surface area (Å²) in [5.74, 6) is 0.000436. The Kier molecular flexibility index (Phi) is 5.09. The number of benzene rings is 3. The minimum absolute atomic E-state index is 0.000436. The molecule has 0 aliphatic rings. The molecule has 0 atom stereocenters. The first kappa shape index (κ1) is 17.8. The predicted octanol–water partition coefficient (Wildman–Crippen LogP) is 4.25. The van der Waals surface area contributed by atoms with Gasteiger partial charge < -0.3 is 10.6 Å². The van der Waals surface area contributed by atoms with E-state index in [9.17, 15) is 13.2 Å². The van der Waals surface area contributed by atoms with E-state index in [1.54, 1.807) is 31.2 Å². The molecule has 26 heavy (non-hydrogen) atoms. The first-order valence-corrected chi connectivity index (χ1v) is 9.78. The molecule has 6 nitrogen and oxygen atoms in total. The maximum atomic E-state index is 12.3. The van der Waals surface area contributed by atoms with Crippen molar-refractivity contribution in [3.8, 4) is 0 Å². The van der Waals surface area contributed by atoms with Crippen LogP contribution in [0.1, 0.15) is 6.92 Å². The van der Waals surface area contributed by atoms with Gasteiger partial charge in [-0.15, -0.1) is 0 Å². The normalized spacial score (nSPS) is 11.1. The number of urea groups is 1. The van der Waals surface area contributed by atoms with Crippen molar-refractivity contribution in [3.63, 3.8) is 0 Å². The van der Waals surface area contributed by atoms with Crippen LogP contribution >= 0.6 is 0 Å². The molecule has 3 aromatic carbocycles. The highest BCUT2D eigenvalue weighted by molar-refractivity contribution is 7.92. The van der Waals surface area contributed by atoms with Crippen LogP contribution in [-0.4, -0.2) is 20.2 Å². The van der Waals surface area contributed by atoms with Crippen LogP contribution in [-0.2, 0) is 10.0 Å². The van der Waals surface area contributed by atoms with Gasteiger partial charge in [-0.05, 0) is 42.6 Å². The molecule has 0 saturated carbocycles. The van der Waals surface area contributed by atoms with Crippen LogP contribution in [0.5, 0.6) is 0 Å². The lowest BCUT2D eigenvalue weighted by atomic mass is 10.1. The zero-order valence-electron chi connectivity index (χ0n) is 14.2. The van der Waals surface area contributed by atoms with Gasteiger partial charge in [0.15, 0.2) is 0 Å². The molecule has 0 heterocycles. The first-order chi connectivity index (χ1) is 12.5. The second kappa shape index (κ2) is 7.45. The highest BCUT2D eigenvalue weighted by Crippen LogP contribution is 2.23. The zero-order chi connectivity index (χ0) is 18.6. The molecule has 3 rings (SSSR count). The van der Waals surface area contributed by atoms with E-state index in [1.807, 2.05) is 42.5 Å². The van der Waals surface area contributed by atoms with Crippen molar-refractivity contribution in [1.82, 2.24) is 0 Å². The number of hydrogen-bond acceptors (Lipinski definition) is 3. The summed E-state index contributed by atoms with van der Waals surface area (Å²) >= 11 is 0. The standard InChI is InChI=1S/C19H19N3O3S/c1-2-26(24,25)22-16-12-10-15(11-13-16)20-19(23)21-18-9-5-7-14-6-3-4-8-17(14)18/h3-13,22H,2H2,1H3,(H2,20,21,23). The number of carbonyl (C=O) groups excluding carboxylic acids is 1. The molecule has 2 amide bonds. The minimum atomic E-state index is -3.32. The Hall–Kier alpha value is -3.06. The van der Waals surface area contributed by atoms with Crippen molar-refractivity contribution in [2.75, 3.05) is 21.1 Å². The summed E-state index contributed by atoms with van der Waals surface area (Å²) < 4.78 is 25.6. The van der Waals surface area contributed by atoms with Crippen molar-refractivity contribution in [3.05, 3.63) is 66.7 Å². The summed E-state index contributed by atoms with van der Waals surface area (Å²) in [6, 6.07) is 19.6. The molecule has 0 spiro atoms. The van der Waals surface area contributed by atoms with E-state index in [4.69, 9.17) is 0 Å². The van der Waals surface area contributed by atoms with E-state index in [0.29, 0.717) is 17.1 Å². The molecule has 0 bridgehead atoms. The average molecular weight is 369 g/mol. The number of fused-ring (bicyclic) bond motifs is 1. The highest BCUT2D eigenvalue weighted by atomic mass is 32.2. The summed E-state index contributed by atoms with van der Waals surface area (Å²) in [6.07, 6.45) is 0. The molecule has 0 radical (unpaired) electrons. The van der Waals surface area contributed by atoms with Crippen LogP contribution in [0.15, 0.2) is 66.7 Å². The fourth-order valence-electron chi connectivity index (χ4n) is 2.49. The third-order valence-corrected chi connectivity index (χ3v) is 5.14. The first-order valence-electron chi connectivity index (χ1n) is 8.13. The number of hydrogen-bond donors (Lipinski definition) is 3. The van der Waals surface area contributed by atoms with Gasteiger partial charge in [0.05, 0.1) is 11.4 Å². The molecule has 0 fully saturated rings. The summed E-state index contributed by atoms with van der Waals surface area (Å²) in [4.78, 5) is 12.3. The van der Waals surface area contributed by atoms with Crippen LogP contribution in [0, 0.1) is 0 Å². The maximum absolute atomic E-state index is 12.3. The van der Waals surface area contributed by atoms with Crippen LogP contribution in [0.2, 0.25) is 0 Å². The lowest BCUT2D eigenvalue weighted by Gasteiger charge is -2.11. The third kappa shape index (κ3) is 4.31. The third-order valence-electron chi connectivity index (χ3n) is 3.83. The number of anilines is 3. The fraction of sp³-hybridized carbons (Fsp3) is 0.105. The molecular formula is C19H19N3O3S. The second-order valence-corrected chi connectivity index (χ2v) is 7.70. The summed E-state index contributed by atoms with van der Waals surface area (Å²) in [5, 5.41) is 7.56. The van der Waals surface area contributed by atoms with Crippen molar-refractivity contribution in [2.45, 2.75) is 6.92 Å².